The molecule has 0 aromatic heterocycles. The highest BCUT2D eigenvalue weighted by Gasteiger charge is 2.11. The lowest BCUT2D eigenvalue weighted by molar-refractivity contribution is -0.149. The van der Waals surface area contributed by atoms with Gasteiger partial charge in [0.2, 0.25) is 0 Å². The van der Waals surface area contributed by atoms with Crippen molar-refractivity contribution in [3.8, 4) is 0 Å². The highest BCUT2D eigenvalue weighted by atomic mass is 35.5. The van der Waals surface area contributed by atoms with E-state index in [4.69, 9.17) is 18.5 Å². The molecule has 0 spiro atoms. The number of esters is 1. The minimum atomic E-state index is -3.44. The maximum Gasteiger partial charge on any atom is 0.306 e. The lowest BCUT2D eigenvalue weighted by atomic mass is 10.1. The van der Waals surface area contributed by atoms with Crippen LogP contribution < -0.4 is 0 Å². The highest BCUT2D eigenvalue weighted by molar-refractivity contribution is 6.18. The number of ether oxygens (including phenoxy) is 1. The molecular weight excluding hydrogens is 336 g/mol. The minimum absolute atomic E-state index is 0.0939. The predicted octanol–water partition coefficient (Wildman–Crippen LogP) is 5.72. The van der Waals surface area contributed by atoms with Gasteiger partial charge in [0.15, 0.2) is 0 Å². The zero-order chi connectivity index (χ0) is 23.1. The van der Waals surface area contributed by atoms with Gasteiger partial charge in [-0.25, -0.2) is 0 Å². The van der Waals surface area contributed by atoms with E-state index in [1.165, 1.54) is 0 Å². The summed E-state index contributed by atoms with van der Waals surface area (Å²) < 4.78 is 41.1. The molecule has 0 aliphatic carbocycles. The van der Waals surface area contributed by atoms with Gasteiger partial charge in [-0.05, 0) is 38.5 Å². The van der Waals surface area contributed by atoms with E-state index < -0.39 is 24.4 Å². The number of unbranched alkanes of at least 4 members (excludes halogenated alkanes) is 5. The molecule has 1 N–H and O–H groups in total. The molecule has 0 amide bonds. The minimum Gasteiger partial charge on any atom is -0.459 e. The third-order valence-corrected chi connectivity index (χ3v) is 3.61. The lowest BCUT2D eigenvalue weighted by Gasteiger charge is -2.12. The van der Waals surface area contributed by atoms with Crippen LogP contribution in [-0.2, 0) is 9.53 Å². The Hall–Kier alpha value is -1.06. The summed E-state index contributed by atoms with van der Waals surface area (Å²) in [5, 5.41) is 9.36. The standard InChI is InChI=1S/C21H35ClO3/c1-2-3-4-5-6-7-8-9-10-11-12-13-14-15-16-17-21(24)25-20(18-22)19-23/h3-4,6-7,9-10,20,23H,2,5,8,11-19H2,1H3/b4-3-,7-6-,10-9-/i18D2,19D2,20D. The van der Waals surface area contributed by atoms with Crippen molar-refractivity contribution in [1.82, 2.24) is 0 Å². The molecule has 0 aliphatic heterocycles. The molecule has 0 radical (unpaired) electrons. The van der Waals surface area contributed by atoms with Crippen LogP contribution in [0.15, 0.2) is 36.5 Å². The second-order valence-electron chi connectivity index (χ2n) is 5.61. The van der Waals surface area contributed by atoms with Crippen molar-refractivity contribution >= 4 is 17.6 Å². The smallest absolute Gasteiger partial charge is 0.306 e. The molecule has 1 atom stereocenters. The average molecular weight is 376 g/mol. The molecule has 0 rings (SSSR count). The molecule has 4 heteroatoms. The van der Waals surface area contributed by atoms with Crippen molar-refractivity contribution in [3.05, 3.63) is 36.5 Å². The largest absolute Gasteiger partial charge is 0.459 e. The van der Waals surface area contributed by atoms with Gasteiger partial charge in [-0.15, -0.1) is 11.6 Å². The van der Waals surface area contributed by atoms with E-state index in [2.05, 4.69) is 48.1 Å². The fraction of sp³-hybridized carbons (Fsp3) is 0.667. The van der Waals surface area contributed by atoms with E-state index >= 15 is 0 Å². The van der Waals surface area contributed by atoms with E-state index in [1.807, 2.05) is 0 Å². The first-order valence-corrected chi connectivity index (χ1v) is 9.41. The van der Waals surface area contributed by atoms with Crippen molar-refractivity contribution in [2.24, 2.45) is 0 Å². The van der Waals surface area contributed by atoms with Crippen molar-refractivity contribution in [2.45, 2.75) is 77.2 Å². The van der Waals surface area contributed by atoms with Gasteiger partial charge in [-0.2, -0.15) is 0 Å². The number of carbonyl (C=O) groups is 1. The number of hydrogen-bond donors (Lipinski definition) is 1. The van der Waals surface area contributed by atoms with Crippen LogP contribution in [0.4, 0.5) is 0 Å². The first-order chi connectivity index (χ1) is 14.0. The van der Waals surface area contributed by atoms with Gasteiger partial charge in [-0.3, -0.25) is 4.79 Å². The Morgan fingerprint density at radius 3 is 2.32 bits per heavy atom. The Labute approximate surface area is 165 Å². The molecule has 0 bridgehead atoms. The number of allylic oxidation sites excluding steroid dienone is 6. The zero-order valence-corrected chi connectivity index (χ0v) is 15.9. The first kappa shape index (κ1) is 16.1. The summed E-state index contributed by atoms with van der Waals surface area (Å²) in [6.45, 7) is -1.33. The third-order valence-electron chi connectivity index (χ3n) is 3.43. The molecule has 0 aromatic carbocycles. The summed E-state index contributed by atoms with van der Waals surface area (Å²) in [7, 11) is 0. The van der Waals surface area contributed by atoms with Crippen molar-refractivity contribution in [3.63, 3.8) is 0 Å². The monoisotopic (exact) mass is 375 g/mol. The first-order valence-electron chi connectivity index (χ1n) is 11.5. The fourth-order valence-electron chi connectivity index (χ4n) is 2.12. The number of halogens is 1. The normalized spacial score (nSPS) is 18.6. The van der Waals surface area contributed by atoms with Crippen LogP contribution in [0.1, 0.15) is 78.0 Å². The Bertz CT molecular complexity index is 552. The maximum absolute atomic E-state index is 11.8. The quantitative estimate of drug-likeness (QED) is 0.162. The predicted molar refractivity (Wildman–Crippen MR) is 107 cm³/mol. The molecule has 0 fully saturated rings. The maximum atomic E-state index is 11.8. The van der Waals surface area contributed by atoms with Crippen LogP contribution in [0.25, 0.3) is 0 Å². The summed E-state index contributed by atoms with van der Waals surface area (Å²) in [4.78, 5) is 11.8. The topological polar surface area (TPSA) is 46.5 Å². The van der Waals surface area contributed by atoms with Gasteiger partial charge < -0.3 is 9.84 Å². The molecule has 0 aliphatic rings. The van der Waals surface area contributed by atoms with Gasteiger partial charge in [-0.1, -0.05) is 62.6 Å². The van der Waals surface area contributed by atoms with E-state index in [-0.39, 0.29) is 6.42 Å². The molecule has 3 nitrogen and oxygen atoms in total. The fourth-order valence-corrected chi connectivity index (χ4v) is 2.20. The third kappa shape index (κ3) is 17.6. The molecular formula is C21H35ClO3. The Balaban J connectivity index is 3.90. The number of carbonyl (C=O) groups excluding carboxylic acids is 1. The van der Waals surface area contributed by atoms with Gasteiger partial charge in [0.05, 0.1) is 16.5 Å². The molecule has 1 unspecified atom stereocenters. The number of aliphatic hydroxyl groups is 1. The average Bonchev–Trinajstić information content (AvgIpc) is 2.63. The van der Waals surface area contributed by atoms with Gasteiger partial charge in [0.25, 0.3) is 0 Å². The van der Waals surface area contributed by atoms with Gasteiger partial charge in [0, 0.05) is 9.16 Å². The van der Waals surface area contributed by atoms with Crippen LogP contribution in [0.2, 0.25) is 0 Å². The summed E-state index contributed by atoms with van der Waals surface area (Å²) >= 11 is 5.32. The summed E-state index contributed by atoms with van der Waals surface area (Å²) in [5.74, 6) is -4.05. The second kappa shape index (κ2) is 19.3. The molecule has 0 saturated heterocycles. The van der Waals surface area contributed by atoms with Crippen LogP contribution in [0, 0.1) is 0 Å². The molecule has 0 aromatic rings. The van der Waals surface area contributed by atoms with Crippen molar-refractivity contribution < 1.29 is 21.5 Å². The Kier molecular flexibility index (Phi) is 12.4. The molecule has 144 valence electrons. The number of rotatable bonds is 16. The Morgan fingerprint density at radius 1 is 1.08 bits per heavy atom. The van der Waals surface area contributed by atoms with Crippen molar-refractivity contribution in [1.29, 1.82) is 0 Å². The van der Waals surface area contributed by atoms with Crippen LogP contribution >= 0.6 is 11.6 Å². The zero-order valence-electron chi connectivity index (χ0n) is 20.2. The molecule has 0 saturated carbocycles. The van der Waals surface area contributed by atoms with E-state index in [0.29, 0.717) is 6.42 Å². The Morgan fingerprint density at radius 2 is 1.68 bits per heavy atom. The van der Waals surface area contributed by atoms with Crippen LogP contribution in [0.3, 0.4) is 0 Å². The van der Waals surface area contributed by atoms with E-state index in [0.717, 1.165) is 51.4 Å². The summed E-state index contributed by atoms with van der Waals surface area (Å²) in [6, 6.07) is 0. The van der Waals surface area contributed by atoms with Gasteiger partial charge >= 0.3 is 5.97 Å². The highest BCUT2D eigenvalue weighted by Crippen LogP contribution is 2.09. The van der Waals surface area contributed by atoms with Gasteiger partial charge in [0.1, 0.15) is 6.08 Å². The SMILES string of the molecule is [2H]C([2H])(O)C([2H])(OC(=O)CCCCCCC/C=C\C/C=C\C/C=C\CC)C([2H])([2H])Cl. The lowest BCUT2D eigenvalue weighted by Crippen LogP contribution is -2.23. The van der Waals surface area contributed by atoms with Crippen LogP contribution in [-0.4, -0.2) is 29.5 Å². The number of hydrogen-bond acceptors (Lipinski definition) is 3. The van der Waals surface area contributed by atoms with E-state index in [9.17, 15) is 9.90 Å². The summed E-state index contributed by atoms with van der Waals surface area (Å²) in [5.41, 5.74) is 0. The second-order valence-corrected chi connectivity index (χ2v) is 5.80. The molecule has 25 heavy (non-hydrogen) atoms. The number of alkyl halides is 1. The summed E-state index contributed by atoms with van der Waals surface area (Å²) in [6.07, 6.45) is 17.8. The molecule has 0 heterocycles. The van der Waals surface area contributed by atoms with Crippen LogP contribution in [0.5, 0.6) is 0 Å². The van der Waals surface area contributed by atoms with Crippen molar-refractivity contribution in [2.75, 3.05) is 12.4 Å². The van der Waals surface area contributed by atoms with E-state index in [1.54, 1.807) is 0 Å².